The van der Waals surface area contributed by atoms with Gasteiger partial charge in [0, 0.05) is 13.1 Å². The molecular weight excluding hydrogens is 217 g/mol. The molecule has 1 N–H and O–H groups in total. The van der Waals surface area contributed by atoms with Crippen LogP contribution in [0.15, 0.2) is 18.2 Å². The van der Waals surface area contributed by atoms with Gasteiger partial charge < -0.3 is 5.11 Å². The maximum atomic E-state index is 13.2. The largest absolute Gasteiger partial charge is 0.393 e. The highest BCUT2D eigenvalue weighted by Crippen LogP contribution is 2.22. The van der Waals surface area contributed by atoms with Gasteiger partial charge in [-0.15, -0.1) is 0 Å². The van der Waals surface area contributed by atoms with E-state index in [2.05, 4.69) is 4.90 Å². The van der Waals surface area contributed by atoms with E-state index in [1.54, 1.807) is 6.07 Å². The van der Waals surface area contributed by atoms with Gasteiger partial charge in [-0.1, -0.05) is 6.07 Å². The molecule has 1 aromatic carbocycles. The number of aryl methyl sites for hydroxylation is 1. The lowest BCUT2D eigenvalue weighted by Crippen LogP contribution is -2.24. The van der Waals surface area contributed by atoms with Crippen LogP contribution in [-0.4, -0.2) is 29.2 Å². The molecule has 0 spiro atoms. The standard InChI is InChI=1S/C14H20FNO/c1-10-3-4-14(15)7-13(10)9-16-6-5-12(8-16)11(2)17/h3-4,7,11-12,17H,5-6,8-9H2,1-2H3. The first-order valence-corrected chi connectivity index (χ1v) is 6.21. The molecule has 2 unspecified atom stereocenters. The Morgan fingerprint density at radius 1 is 1.53 bits per heavy atom. The third-order valence-electron chi connectivity index (χ3n) is 3.70. The molecule has 0 bridgehead atoms. The van der Waals surface area contributed by atoms with Crippen LogP contribution in [0.3, 0.4) is 0 Å². The number of nitrogens with zero attached hydrogens (tertiary/aromatic N) is 1. The second kappa shape index (κ2) is 5.15. The average Bonchev–Trinajstić information content (AvgIpc) is 2.72. The number of hydrogen-bond acceptors (Lipinski definition) is 2. The van der Waals surface area contributed by atoms with E-state index in [-0.39, 0.29) is 11.9 Å². The van der Waals surface area contributed by atoms with Gasteiger partial charge in [0.15, 0.2) is 0 Å². The van der Waals surface area contributed by atoms with Crippen molar-refractivity contribution in [1.29, 1.82) is 0 Å². The number of aliphatic hydroxyl groups is 1. The summed E-state index contributed by atoms with van der Waals surface area (Å²) in [5.41, 5.74) is 2.18. The van der Waals surface area contributed by atoms with Crippen LogP contribution < -0.4 is 0 Å². The van der Waals surface area contributed by atoms with Crippen molar-refractivity contribution in [3.05, 3.63) is 35.1 Å². The van der Waals surface area contributed by atoms with Crippen LogP contribution in [0.4, 0.5) is 4.39 Å². The van der Waals surface area contributed by atoms with Crippen LogP contribution in [0, 0.1) is 18.7 Å². The van der Waals surface area contributed by atoms with Crippen molar-refractivity contribution in [2.24, 2.45) is 5.92 Å². The molecule has 3 heteroatoms. The molecular formula is C14H20FNO. The van der Waals surface area contributed by atoms with E-state index in [0.29, 0.717) is 5.92 Å². The molecule has 2 atom stereocenters. The van der Waals surface area contributed by atoms with Crippen LogP contribution in [0.25, 0.3) is 0 Å². The molecule has 1 aromatic rings. The van der Waals surface area contributed by atoms with Crippen molar-refractivity contribution < 1.29 is 9.50 Å². The van der Waals surface area contributed by atoms with Crippen molar-refractivity contribution in [2.75, 3.05) is 13.1 Å². The smallest absolute Gasteiger partial charge is 0.123 e. The van der Waals surface area contributed by atoms with E-state index in [0.717, 1.165) is 37.2 Å². The molecule has 1 fully saturated rings. The highest BCUT2D eigenvalue weighted by Gasteiger charge is 2.25. The second-order valence-corrected chi connectivity index (χ2v) is 5.10. The van der Waals surface area contributed by atoms with Gasteiger partial charge in [0.2, 0.25) is 0 Å². The van der Waals surface area contributed by atoms with Crippen molar-refractivity contribution >= 4 is 0 Å². The molecule has 1 aliphatic rings. The second-order valence-electron chi connectivity index (χ2n) is 5.10. The average molecular weight is 237 g/mol. The molecule has 2 nitrogen and oxygen atoms in total. The lowest BCUT2D eigenvalue weighted by Gasteiger charge is -2.18. The van der Waals surface area contributed by atoms with Gasteiger partial charge in [-0.05, 0) is 56.0 Å². The number of halogens is 1. The van der Waals surface area contributed by atoms with E-state index < -0.39 is 0 Å². The summed E-state index contributed by atoms with van der Waals surface area (Å²) in [7, 11) is 0. The van der Waals surface area contributed by atoms with Gasteiger partial charge in [-0.2, -0.15) is 0 Å². The van der Waals surface area contributed by atoms with Crippen LogP contribution in [0.2, 0.25) is 0 Å². The zero-order chi connectivity index (χ0) is 12.4. The molecule has 0 radical (unpaired) electrons. The summed E-state index contributed by atoms with van der Waals surface area (Å²) in [6, 6.07) is 4.94. The number of aliphatic hydroxyl groups excluding tert-OH is 1. The minimum absolute atomic E-state index is 0.170. The normalized spacial score (nSPS) is 22.9. The van der Waals surface area contributed by atoms with Gasteiger partial charge >= 0.3 is 0 Å². The third kappa shape index (κ3) is 3.05. The quantitative estimate of drug-likeness (QED) is 0.872. The lowest BCUT2D eigenvalue weighted by molar-refractivity contribution is 0.127. The molecule has 2 rings (SSSR count). The fourth-order valence-corrected chi connectivity index (χ4v) is 2.45. The number of rotatable bonds is 3. The molecule has 17 heavy (non-hydrogen) atoms. The summed E-state index contributed by atoms with van der Waals surface area (Å²) in [5, 5.41) is 9.55. The number of likely N-dealkylation sites (tertiary alicyclic amines) is 1. The van der Waals surface area contributed by atoms with Crippen LogP contribution in [-0.2, 0) is 6.54 Å². The highest BCUT2D eigenvalue weighted by atomic mass is 19.1. The van der Waals surface area contributed by atoms with Gasteiger partial charge in [-0.3, -0.25) is 4.90 Å². The van der Waals surface area contributed by atoms with Gasteiger partial charge in [0.1, 0.15) is 5.82 Å². The third-order valence-corrected chi connectivity index (χ3v) is 3.70. The lowest BCUT2D eigenvalue weighted by atomic mass is 10.0. The fraction of sp³-hybridized carbons (Fsp3) is 0.571. The molecule has 94 valence electrons. The predicted octanol–water partition coefficient (Wildman–Crippen LogP) is 2.34. The summed E-state index contributed by atoms with van der Waals surface area (Å²) in [4.78, 5) is 2.29. The molecule has 0 saturated carbocycles. The molecule has 0 aromatic heterocycles. The first kappa shape index (κ1) is 12.5. The minimum atomic E-state index is -0.242. The topological polar surface area (TPSA) is 23.5 Å². The summed E-state index contributed by atoms with van der Waals surface area (Å²) in [6.07, 6.45) is 0.792. The van der Waals surface area contributed by atoms with E-state index in [4.69, 9.17) is 0 Å². The van der Waals surface area contributed by atoms with Crippen LogP contribution >= 0.6 is 0 Å². The Morgan fingerprint density at radius 3 is 2.94 bits per heavy atom. The van der Waals surface area contributed by atoms with E-state index >= 15 is 0 Å². The van der Waals surface area contributed by atoms with Gasteiger partial charge in [0.05, 0.1) is 6.10 Å². The van der Waals surface area contributed by atoms with Crippen LogP contribution in [0.1, 0.15) is 24.5 Å². The van der Waals surface area contributed by atoms with Gasteiger partial charge in [-0.25, -0.2) is 4.39 Å². The Kier molecular flexibility index (Phi) is 3.79. The molecule has 1 heterocycles. The Labute approximate surface area is 102 Å². The molecule has 1 saturated heterocycles. The Bertz CT molecular complexity index is 392. The fourth-order valence-electron chi connectivity index (χ4n) is 2.45. The highest BCUT2D eigenvalue weighted by molar-refractivity contribution is 5.26. The summed E-state index contributed by atoms with van der Waals surface area (Å²) in [6.45, 7) is 6.55. The monoisotopic (exact) mass is 237 g/mol. The Hall–Kier alpha value is -0.930. The van der Waals surface area contributed by atoms with Crippen molar-refractivity contribution in [3.8, 4) is 0 Å². The first-order valence-electron chi connectivity index (χ1n) is 6.21. The molecule has 0 aliphatic carbocycles. The maximum Gasteiger partial charge on any atom is 0.123 e. The van der Waals surface area contributed by atoms with Crippen molar-refractivity contribution in [1.82, 2.24) is 4.90 Å². The predicted molar refractivity (Wildman–Crippen MR) is 66.2 cm³/mol. The number of benzene rings is 1. The Morgan fingerprint density at radius 2 is 2.29 bits per heavy atom. The molecule has 0 amide bonds. The zero-order valence-electron chi connectivity index (χ0n) is 10.5. The first-order chi connectivity index (χ1) is 8.06. The SMILES string of the molecule is Cc1ccc(F)cc1CN1CCC(C(C)O)C1. The van der Waals surface area contributed by atoms with E-state index in [1.807, 2.05) is 19.9 Å². The summed E-state index contributed by atoms with van der Waals surface area (Å²) in [5.74, 6) is 0.195. The minimum Gasteiger partial charge on any atom is -0.393 e. The number of hydrogen-bond donors (Lipinski definition) is 1. The van der Waals surface area contributed by atoms with Crippen molar-refractivity contribution in [3.63, 3.8) is 0 Å². The summed E-state index contributed by atoms with van der Waals surface area (Å²) >= 11 is 0. The molecule has 1 aliphatic heterocycles. The van der Waals surface area contributed by atoms with E-state index in [9.17, 15) is 9.50 Å². The maximum absolute atomic E-state index is 13.2. The van der Waals surface area contributed by atoms with E-state index in [1.165, 1.54) is 6.07 Å². The van der Waals surface area contributed by atoms with Gasteiger partial charge in [0.25, 0.3) is 0 Å². The zero-order valence-corrected chi connectivity index (χ0v) is 10.5. The Balaban J connectivity index is 2.00. The van der Waals surface area contributed by atoms with Crippen molar-refractivity contribution in [2.45, 2.75) is 32.9 Å². The van der Waals surface area contributed by atoms with Crippen LogP contribution in [0.5, 0.6) is 0 Å². The summed E-state index contributed by atoms with van der Waals surface area (Å²) < 4.78 is 13.2.